The van der Waals surface area contributed by atoms with Gasteiger partial charge in [0, 0.05) is 17.6 Å². The highest BCUT2D eigenvalue weighted by Gasteiger charge is 2.58. The zero-order valence-corrected chi connectivity index (χ0v) is 35.5. The molecule has 2 atom stereocenters. The summed E-state index contributed by atoms with van der Waals surface area (Å²) in [5.41, 5.74) is -0.976. The van der Waals surface area contributed by atoms with Crippen molar-refractivity contribution in [3.63, 3.8) is 0 Å². The fraction of sp³-hybridized carbons (Fsp3) is 0.333. The van der Waals surface area contributed by atoms with Crippen molar-refractivity contribution >= 4 is 46.9 Å². The van der Waals surface area contributed by atoms with Crippen molar-refractivity contribution in [2.75, 3.05) is 0 Å². The first-order valence-electron chi connectivity index (χ1n) is 20.3. The maximum Gasteiger partial charge on any atom is 0.180 e. The topological polar surface area (TPSA) is 183 Å². The highest BCUT2D eigenvalue weighted by molar-refractivity contribution is 6.32. The molecule has 10 heteroatoms. The van der Waals surface area contributed by atoms with Crippen molar-refractivity contribution in [1.82, 2.24) is 0 Å². The summed E-state index contributed by atoms with van der Waals surface area (Å²) in [7, 11) is 0. The number of Topliss-reactive ketones (excluding diaryl/α,β-unsaturated/α-hetero) is 4. The van der Waals surface area contributed by atoms with Crippen LogP contribution in [0.25, 0.3) is 12.2 Å². The van der Waals surface area contributed by atoms with Crippen LogP contribution in [0.5, 0.6) is 11.5 Å². The second kappa shape index (κ2) is 19.8. The number of aromatic hydroxyl groups is 2. The van der Waals surface area contributed by atoms with Crippen molar-refractivity contribution in [3.8, 4) is 11.5 Å². The normalized spacial score (nSPS) is 18.9. The minimum absolute atomic E-state index is 0.0109. The molecule has 2 aliphatic carbocycles. The van der Waals surface area contributed by atoms with E-state index >= 15 is 0 Å². The van der Waals surface area contributed by atoms with E-state index in [1.807, 2.05) is 0 Å². The van der Waals surface area contributed by atoms with Gasteiger partial charge in [-0.2, -0.15) is 0 Å². The molecule has 61 heavy (non-hydrogen) atoms. The molecule has 2 aliphatic rings. The summed E-state index contributed by atoms with van der Waals surface area (Å²) in [6.45, 7) is 22.8. The molecule has 0 spiro atoms. The Morgan fingerprint density at radius 1 is 0.525 bits per heavy atom. The van der Waals surface area contributed by atoms with Gasteiger partial charge in [-0.3, -0.25) is 28.8 Å². The van der Waals surface area contributed by atoms with Crippen LogP contribution in [0, 0.1) is 22.7 Å². The minimum atomic E-state index is -1.96. The number of phenolic OH excluding ortho intramolecular Hbond substituents is 2. The molecular formula is C51H56O10. The van der Waals surface area contributed by atoms with Crippen LogP contribution in [0.2, 0.25) is 0 Å². The zero-order chi connectivity index (χ0) is 45.4. The lowest BCUT2D eigenvalue weighted by Gasteiger charge is -2.41. The Hall–Kier alpha value is -6.42. The molecule has 0 heterocycles. The number of rotatable bonds is 20. The van der Waals surface area contributed by atoms with Crippen LogP contribution < -0.4 is 0 Å². The van der Waals surface area contributed by atoms with Crippen LogP contribution in [-0.4, -0.2) is 55.1 Å². The van der Waals surface area contributed by atoms with Gasteiger partial charge < -0.3 is 20.4 Å². The lowest BCUT2D eigenvalue weighted by atomic mass is 9.59. The molecule has 10 nitrogen and oxygen atoms in total. The number of aliphatic hydroxyl groups is 2. The molecule has 0 bridgehead atoms. The number of hydrogen-bond donors (Lipinski definition) is 4. The standard InChI is InChI=1S/C51H56O10/c1-30(2)21-25-50(26-22-31(3)4)46(58)38(44(56)42(48(50)60)40(54)19-13-34-9-15-36(52)16-10-34)29-39-45(57)43(41(55)20-14-35-11-17-37(53)18-12-35)49(61)51(47(39)59,27-23-32(5)6)28-24-33(7)8/h9-20,42-43,52-53,58-59H,1,3,5,7,21-29H2,2,4,6,8H3. The molecule has 2 aromatic rings. The molecule has 2 unspecified atom stereocenters. The molecule has 0 aromatic heterocycles. The Morgan fingerprint density at radius 2 is 0.803 bits per heavy atom. The van der Waals surface area contributed by atoms with E-state index in [0.717, 1.165) is 12.2 Å². The SMILES string of the molecule is C=C(C)CCC1(CCC(=C)C)C(=O)C(C(=O)C=Cc2ccc(O)cc2)C(=O)C(CC2=C(O)C(CCC(=C)C)(CCC(=C)C)C(=O)C(C(=O)C=Cc3ccc(O)cc3)C2=O)=C1O. The summed E-state index contributed by atoms with van der Waals surface area (Å²) in [6.07, 6.45) is 4.78. The molecule has 0 saturated heterocycles. The van der Waals surface area contributed by atoms with E-state index in [1.54, 1.807) is 27.7 Å². The molecule has 0 amide bonds. The van der Waals surface area contributed by atoms with Gasteiger partial charge in [0.15, 0.2) is 34.7 Å². The molecule has 320 valence electrons. The number of carbonyl (C=O) groups excluding carboxylic acids is 6. The van der Waals surface area contributed by atoms with Crippen molar-refractivity contribution in [3.05, 3.63) is 143 Å². The van der Waals surface area contributed by atoms with Crippen LogP contribution in [0.15, 0.2) is 132 Å². The van der Waals surface area contributed by atoms with Gasteiger partial charge in [-0.15, -0.1) is 26.3 Å². The first-order chi connectivity index (χ1) is 28.6. The molecule has 0 radical (unpaired) electrons. The van der Waals surface area contributed by atoms with Gasteiger partial charge in [0.2, 0.25) is 0 Å². The van der Waals surface area contributed by atoms with E-state index in [9.17, 15) is 49.2 Å². The fourth-order valence-electron chi connectivity index (χ4n) is 7.86. The molecular weight excluding hydrogens is 773 g/mol. The number of aliphatic hydroxyl groups excluding tert-OH is 2. The van der Waals surface area contributed by atoms with Gasteiger partial charge in [0.25, 0.3) is 0 Å². The monoisotopic (exact) mass is 828 g/mol. The summed E-state index contributed by atoms with van der Waals surface area (Å²) in [6, 6.07) is 11.7. The second-order valence-corrected chi connectivity index (χ2v) is 16.8. The Morgan fingerprint density at radius 3 is 1.07 bits per heavy atom. The van der Waals surface area contributed by atoms with Gasteiger partial charge in [0.05, 0.1) is 10.8 Å². The van der Waals surface area contributed by atoms with Crippen LogP contribution >= 0.6 is 0 Å². The first kappa shape index (κ1) is 47.3. The van der Waals surface area contributed by atoms with Gasteiger partial charge in [-0.1, -0.05) is 58.7 Å². The largest absolute Gasteiger partial charge is 0.511 e. The summed E-state index contributed by atoms with van der Waals surface area (Å²) in [5, 5.41) is 44.2. The van der Waals surface area contributed by atoms with Gasteiger partial charge in [0.1, 0.15) is 34.9 Å². The van der Waals surface area contributed by atoms with E-state index in [-0.39, 0.29) is 62.9 Å². The van der Waals surface area contributed by atoms with E-state index in [0.29, 0.717) is 33.4 Å². The molecule has 0 saturated carbocycles. The van der Waals surface area contributed by atoms with Gasteiger partial charge >= 0.3 is 0 Å². The van der Waals surface area contributed by atoms with Crippen LogP contribution in [0.4, 0.5) is 0 Å². The number of phenols is 2. The smallest absolute Gasteiger partial charge is 0.180 e. The van der Waals surface area contributed by atoms with E-state index in [1.165, 1.54) is 60.7 Å². The Bertz CT molecular complexity index is 2090. The van der Waals surface area contributed by atoms with Gasteiger partial charge in [-0.05, 0) is 127 Å². The highest BCUT2D eigenvalue weighted by Crippen LogP contribution is 2.51. The average molecular weight is 829 g/mol. The Kier molecular flexibility index (Phi) is 15.3. The lowest BCUT2D eigenvalue weighted by molar-refractivity contribution is -0.146. The number of carbonyl (C=O) groups is 6. The third-order valence-electron chi connectivity index (χ3n) is 11.6. The van der Waals surface area contributed by atoms with Crippen molar-refractivity contribution < 1.29 is 49.2 Å². The molecule has 0 aliphatic heterocycles. The van der Waals surface area contributed by atoms with Crippen LogP contribution in [0.3, 0.4) is 0 Å². The number of benzene rings is 2. The number of hydrogen-bond acceptors (Lipinski definition) is 10. The summed E-state index contributed by atoms with van der Waals surface area (Å²) >= 11 is 0. The Balaban J connectivity index is 1.99. The predicted molar refractivity (Wildman–Crippen MR) is 236 cm³/mol. The van der Waals surface area contributed by atoms with E-state index in [4.69, 9.17) is 0 Å². The second-order valence-electron chi connectivity index (χ2n) is 16.8. The summed E-state index contributed by atoms with van der Waals surface area (Å²) in [5.74, 6) is -10.9. The van der Waals surface area contributed by atoms with Gasteiger partial charge in [-0.25, -0.2) is 0 Å². The third-order valence-corrected chi connectivity index (χ3v) is 11.6. The fourth-order valence-corrected chi connectivity index (χ4v) is 7.86. The highest BCUT2D eigenvalue weighted by atomic mass is 16.3. The lowest BCUT2D eigenvalue weighted by Crippen LogP contribution is -2.51. The molecule has 2 aromatic carbocycles. The first-order valence-corrected chi connectivity index (χ1v) is 20.3. The van der Waals surface area contributed by atoms with E-state index in [2.05, 4.69) is 26.3 Å². The number of allylic oxidation sites excluding steroid dienone is 10. The molecule has 4 rings (SSSR count). The predicted octanol–water partition coefficient (Wildman–Crippen LogP) is 9.91. The third kappa shape index (κ3) is 10.7. The zero-order valence-electron chi connectivity index (χ0n) is 35.5. The quantitative estimate of drug-likeness (QED) is 0.0569. The summed E-state index contributed by atoms with van der Waals surface area (Å²) in [4.78, 5) is 87.1. The maximum absolute atomic E-state index is 14.7. The van der Waals surface area contributed by atoms with Crippen molar-refractivity contribution in [1.29, 1.82) is 0 Å². The van der Waals surface area contributed by atoms with Crippen LogP contribution in [-0.2, 0) is 28.8 Å². The summed E-state index contributed by atoms with van der Waals surface area (Å²) < 4.78 is 0. The molecule has 0 fully saturated rings. The van der Waals surface area contributed by atoms with Crippen molar-refractivity contribution in [2.24, 2.45) is 22.7 Å². The minimum Gasteiger partial charge on any atom is -0.511 e. The maximum atomic E-state index is 14.7. The average Bonchev–Trinajstić information content (AvgIpc) is 3.19. The van der Waals surface area contributed by atoms with E-state index < -0.39 is 86.5 Å². The van der Waals surface area contributed by atoms with Crippen molar-refractivity contribution in [2.45, 2.75) is 85.5 Å². The number of ketones is 6. The van der Waals surface area contributed by atoms with Crippen LogP contribution in [0.1, 0.15) is 96.6 Å². The molecule has 4 N–H and O–H groups in total. The Labute approximate surface area is 357 Å².